The first-order chi connectivity index (χ1) is 7.05. The first kappa shape index (κ1) is 10.9. The number of sulfone groups is 1. The van der Waals surface area contributed by atoms with Crippen molar-refractivity contribution in [3.05, 3.63) is 34.9 Å². The maximum absolute atomic E-state index is 11.6. The van der Waals surface area contributed by atoms with Gasteiger partial charge in [-0.1, -0.05) is 23.7 Å². The number of benzene rings is 1. The highest BCUT2D eigenvalue weighted by atomic mass is 35.5. The van der Waals surface area contributed by atoms with E-state index in [1.165, 1.54) is 0 Å². The van der Waals surface area contributed by atoms with Crippen LogP contribution in [-0.4, -0.2) is 26.9 Å². The monoisotopic (exact) mass is 246 g/mol. The molecule has 0 aromatic heterocycles. The first-order valence-corrected chi connectivity index (χ1v) is 6.81. The van der Waals surface area contributed by atoms with Crippen molar-refractivity contribution in [2.45, 2.75) is 11.9 Å². The van der Waals surface area contributed by atoms with Crippen molar-refractivity contribution in [3.63, 3.8) is 0 Å². The molecule has 0 bridgehead atoms. The smallest absolute Gasteiger partial charge is 0.157 e. The molecular weight excluding hydrogens is 236 g/mol. The van der Waals surface area contributed by atoms with Crippen LogP contribution in [0.5, 0.6) is 0 Å². The number of epoxide rings is 1. The molecule has 0 spiro atoms. The van der Waals surface area contributed by atoms with Crippen LogP contribution in [0.4, 0.5) is 0 Å². The van der Waals surface area contributed by atoms with Gasteiger partial charge in [-0.25, -0.2) is 8.42 Å². The van der Waals surface area contributed by atoms with E-state index in [1.54, 1.807) is 24.3 Å². The lowest BCUT2D eigenvalue weighted by Crippen LogP contribution is -2.13. The molecule has 5 heteroatoms. The second-order valence-electron chi connectivity index (χ2n) is 3.64. The van der Waals surface area contributed by atoms with Gasteiger partial charge >= 0.3 is 0 Å². The van der Waals surface area contributed by atoms with E-state index in [-0.39, 0.29) is 17.6 Å². The summed E-state index contributed by atoms with van der Waals surface area (Å²) >= 11 is 5.71. The van der Waals surface area contributed by atoms with Crippen molar-refractivity contribution in [1.29, 1.82) is 0 Å². The summed E-state index contributed by atoms with van der Waals surface area (Å²) in [7, 11) is -3.05. The van der Waals surface area contributed by atoms with E-state index in [2.05, 4.69) is 0 Å². The fourth-order valence-electron chi connectivity index (χ4n) is 1.34. The van der Waals surface area contributed by atoms with Crippen molar-refractivity contribution in [1.82, 2.24) is 0 Å². The fraction of sp³-hybridized carbons (Fsp3) is 0.400. The molecule has 1 aromatic carbocycles. The third kappa shape index (κ3) is 3.48. The van der Waals surface area contributed by atoms with Gasteiger partial charge < -0.3 is 4.74 Å². The molecule has 1 heterocycles. The van der Waals surface area contributed by atoms with Crippen LogP contribution in [-0.2, 0) is 20.3 Å². The molecule has 82 valence electrons. The van der Waals surface area contributed by atoms with Gasteiger partial charge in [-0.15, -0.1) is 0 Å². The molecule has 1 atom stereocenters. The molecule has 0 N–H and O–H groups in total. The Labute approximate surface area is 93.9 Å². The summed E-state index contributed by atoms with van der Waals surface area (Å²) in [6.45, 7) is 0.569. The number of hydrogen-bond acceptors (Lipinski definition) is 3. The van der Waals surface area contributed by atoms with Gasteiger partial charge in [0.05, 0.1) is 24.2 Å². The normalized spacial score (nSPS) is 20.2. The van der Waals surface area contributed by atoms with Gasteiger partial charge in [0.15, 0.2) is 9.84 Å². The van der Waals surface area contributed by atoms with E-state index in [0.717, 1.165) is 5.56 Å². The Bertz CT molecular complexity index is 434. The number of ether oxygens (including phenoxy) is 1. The predicted molar refractivity (Wildman–Crippen MR) is 58.7 cm³/mol. The predicted octanol–water partition coefficient (Wildman–Crippen LogP) is 1.65. The van der Waals surface area contributed by atoms with Crippen molar-refractivity contribution in [2.24, 2.45) is 0 Å². The molecule has 0 saturated carbocycles. The van der Waals surface area contributed by atoms with Crippen LogP contribution in [0.25, 0.3) is 0 Å². The Morgan fingerprint density at radius 2 is 1.93 bits per heavy atom. The second-order valence-corrected chi connectivity index (χ2v) is 6.18. The van der Waals surface area contributed by atoms with Gasteiger partial charge in [-0.3, -0.25) is 0 Å². The molecule has 1 unspecified atom stereocenters. The minimum atomic E-state index is -3.05. The standard InChI is InChI=1S/C10H11ClO3S/c11-9-3-1-8(2-4-9)6-15(12,13)7-10-5-14-10/h1-4,10H,5-7H2. The van der Waals surface area contributed by atoms with Crippen LogP contribution >= 0.6 is 11.6 Å². The lowest BCUT2D eigenvalue weighted by Gasteiger charge is -2.02. The molecule has 0 aliphatic carbocycles. The van der Waals surface area contributed by atoms with Gasteiger partial charge in [-0.05, 0) is 17.7 Å². The Morgan fingerprint density at radius 1 is 1.33 bits per heavy atom. The average molecular weight is 247 g/mol. The Hall–Kier alpha value is -0.580. The molecule has 1 aliphatic rings. The molecule has 0 radical (unpaired) electrons. The zero-order chi connectivity index (χ0) is 10.9. The maximum atomic E-state index is 11.6. The van der Waals surface area contributed by atoms with Crippen LogP contribution < -0.4 is 0 Å². The lowest BCUT2D eigenvalue weighted by atomic mass is 10.2. The maximum Gasteiger partial charge on any atom is 0.157 e. The van der Waals surface area contributed by atoms with E-state index in [4.69, 9.17) is 16.3 Å². The second kappa shape index (κ2) is 4.12. The van der Waals surface area contributed by atoms with Crippen LogP contribution in [0.2, 0.25) is 5.02 Å². The van der Waals surface area contributed by atoms with Crippen molar-refractivity contribution in [2.75, 3.05) is 12.4 Å². The van der Waals surface area contributed by atoms with E-state index in [1.807, 2.05) is 0 Å². The van der Waals surface area contributed by atoms with Crippen molar-refractivity contribution in [3.8, 4) is 0 Å². The lowest BCUT2D eigenvalue weighted by molar-refractivity contribution is 0.422. The summed E-state index contributed by atoms with van der Waals surface area (Å²) in [4.78, 5) is 0. The molecule has 0 amide bonds. The molecule has 15 heavy (non-hydrogen) atoms. The molecular formula is C10H11ClO3S. The first-order valence-electron chi connectivity index (χ1n) is 4.62. The summed E-state index contributed by atoms with van der Waals surface area (Å²) in [5.41, 5.74) is 0.764. The zero-order valence-electron chi connectivity index (χ0n) is 8.02. The van der Waals surface area contributed by atoms with Crippen LogP contribution in [0, 0.1) is 0 Å². The third-order valence-electron chi connectivity index (χ3n) is 2.14. The van der Waals surface area contributed by atoms with Gasteiger partial charge in [-0.2, -0.15) is 0 Å². The highest BCUT2D eigenvalue weighted by Crippen LogP contribution is 2.16. The Kier molecular flexibility index (Phi) is 3.00. The van der Waals surface area contributed by atoms with Crippen LogP contribution in [0.15, 0.2) is 24.3 Å². The fourth-order valence-corrected chi connectivity index (χ4v) is 3.04. The molecule has 1 aromatic rings. The summed E-state index contributed by atoms with van der Waals surface area (Å²) in [6, 6.07) is 6.85. The SMILES string of the molecule is O=S(=O)(Cc1ccc(Cl)cc1)CC1CO1. The Balaban J connectivity index is 2.03. The molecule has 2 rings (SSSR count). The van der Waals surface area contributed by atoms with Gasteiger partial charge in [0, 0.05) is 5.02 Å². The Morgan fingerprint density at radius 3 is 2.47 bits per heavy atom. The van der Waals surface area contributed by atoms with E-state index < -0.39 is 9.84 Å². The highest BCUT2D eigenvalue weighted by Gasteiger charge is 2.29. The zero-order valence-corrected chi connectivity index (χ0v) is 9.59. The molecule has 1 saturated heterocycles. The summed E-state index contributed by atoms with van der Waals surface area (Å²) < 4.78 is 28.1. The van der Waals surface area contributed by atoms with E-state index >= 15 is 0 Å². The minimum absolute atomic E-state index is 0.0596. The van der Waals surface area contributed by atoms with Crippen LogP contribution in [0.1, 0.15) is 5.56 Å². The highest BCUT2D eigenvalue weighted by molar-refractivity contribution is 7.90. The largest absolute Gasteiger partial charge is 0.372 e. The minimum Gasteiger partial charge on any atom is -0.372 e. The quantitative estimate of drug-likeness (QED) is 0.759. The van der Waals surface area contributed by atoms with E-state index in [9.17, 15) is 8.42 Å². The van der Waals surface area contributed by atoms with Gasteiger partial charge in [0.2, 0.25) is 0 Å². The molecule has 1 aliphatic heterocycles. The number of hydrogen-bond donors (Lipinski definition) is 0. The number of rotatable bonds is 4. The summed E-state index contributed by atoms with van der Waals surface area (Å²) in [5.74, 6) is 0.180. The summed E-state index contributed by atoms with van der Waals surface area (Å²) in [5, 5.41) is 0.613. The van der Waals surface area contributed by atoms with Gasteiger partial charge in [0.1, 0.15) is 0 Å². The topological polar surface area (TPSA) is 46.7 Å². The van der Waals surface area contributed by atoms with Crippen molar-refractivity contribution >= 4 is 21.4 Å². The third-order valence-corrected chi connectivity index (χ3v) is 4.05. The average Bonchev–Trinajstić information content (AvgIpc) is 2.91. The van der Waals surface area contributed by atoms with Crippen LogP contribution in [0.3, 0.4) is 0 Å². The molecule has 3 nitrogen and oxygen atoms in total. The van der Waals surface area contributed by atoms with E-state index in [0.29, 0.717) is 11.6 Å². The van der Waals surface area contributed by atoms with Gasteiger partial charge in [0.25, 0.3) is 0 Å². The molecule has 1 fully saturated rings. The van der Waals surface area contributed by atoms with Crippen molar-refractivity contribution < 1.29 is 13.2 Å². The number of halogens is 1. The summed E-state index contributed by atoms with van der Waals surface area (Å²) in [6.07, 6.45) is -0.0812.